The van der Waals surface area contributed by atoms with E-state index in [0.717, 1.165) is 28.7 Å². The molecule has 1 unspecified atom stereocenters. The van der Waals surface area contributed by atoms with Gasteiger partial charge in [-0.15, -0.1) is 0 Å². The van der Waals surface area contributed by atoms with Gasteiger partial charge in [-0.25, -0.2) is 4.98 Å². The van der Waals surface area contributed by atoms with Crippen LogP contribution in [0.2, 0.25) is 0 Å². The summed E-state index contributed by atoms with van der Waals surface area (Å²) in [5.74, 6) is 0. The van der Waals surface area contributed by atoms with Gasteiger partial charge in [-0.2, -0.15) is 0 Å². The van der Waals surface area contributed by atoms with Crippen molar-refractivity contribution in [1.82, 2.24) is 4.98 Å². The summed E-state index contributed by atoms with van der Waals surface area (Å²) in [6, 6.07) is 3.95. The first-order chi connectivity index (χ1) is 10.2. The van der Waals surface area contributed by atoms with E-state index in [1.165, 1.54) is 0 Å². The summed E-state index contributed by atoms with van der Waals surface area (Å²) in [5, 5.41) is 0. The summed E-state index contributed by atoms with van der Waals surface area (Å²) in [7, 11) is 0. The number of hydrogen-bond acceptors (Lipinski definition) is 5. The highest BCUT2D eigenvalue weighted by atomic mass is 79.9. The first-order valence-electron chi connectivity index (χ1n) is 7.36. The predicted octanol–water partition coefficient (Wildman–Crippen LogP) is 2.93. The minimum absolute atomic E-state index is 0.311. The van der Waals surface area contributed by atoms with Gasteiger partial charge in [0.1, 0.15) is 10.2 Å². The molecular weight excluding hydrogens is 338 g/mol. The van der Waals surface area contributed by atoms with Crippen molar-refractivity contribution in [3.8, 4) is 0 Å². The van der Waals surface area contributed by atoms with Gasteiger partial charge in [-0.1, -0.05) is 6.92 Å². The summed E-state index contributed by atoms with van der Waals surface area (Å²) in [6.07, 6.45) is 1.48. The molecule has 0 spiro atoms. The Morgan fingerprint density at radius 2 is 2.14 bits per heavy atom. The molecule has 0 radical (unpaired) electrons. The van der Waals surface area contributed by atoms with Gasteiger partial charge in [0.05, 0.1) is 25.5 Å². The average molecular weight is 358 g/mol. The van der Waals surface area contributed by atoms with E-state index in [1.54, 1.807) is 0 Å². The fourth-order valence-electron chi connectivity index (χ4n) is 2.67. The summed E-state index contributed by atoms with van der Waals surface area (Å²) in [5.41, 5.74) is 1.40. The first-order valence-corrected chi connectivity index (χ1v) is 8.16. The number of hydrogen-bond donors (Lipinski definition) is 0. The molecule has 0 saturated carbocycles. The van der Waals surface area contributed by atoms with E-state index in [9.17, 15) is 0 Å². The molecule has 116 valence electrons. The SMILES string of the molecule is CCCOC1(c2cc(C3OCCO3)cc(Br)n2)CCOC1. The van der Waals surface area contributed by atoms with Gasteiger partial charge in [0.2, 0.25) is 0 Å². The van der Waals surface area contributed by atoms with Gasteiger partial charge in [0.25, 0.3) is 0 Å². The van der Waals surface area contributed by atoms with E-state index in [0.29, 0.717) is 33.0 Å². The lowest BCUT2D eigenvalue weighted by Crippen LogP contribution is -2.32. The Bertz CT molecular complexity index is 485. The highest BCUT2D eigenvalue weighted by Gasteiger charge is 2.40. The Morgan fingerprint density at radius 3 is 2.81 bits per heavy atom. The molecule has 0 bridgehead atoms. The smallest absolute Gasteiger partial charge is 0.184 e. The number of halogens is 1. The maximum absolute atomic E-state index is 6.11. The second-order valence-electron chi connectivity index (χ2n) is 5.33. The largest absolute Gasteiger partial charge is 0.378 e. The maximum atomic E-state index is 6.11. The lowest BCUT2D eigenvalue weighted by molar-refractivity contribution is -0.0590. The summed E-state index contributed by atoms with van der Waals surface area (Å²) >= 11 is 3.48. The van der Waals surface area contributed by atoms with Gasteiger partial charge in [0.15, 0.2) is 6.29 Å². The third kappa shape index (κ3) is 3.29. The minimum Gasteiger partial charge on any atom is -0.378 e. The topological polar surface area (TPSA) is 49.8 Å². The fourth-order valence-corrected chi connectivity index (χ4v) is 3.13. The molecule has 3 heterocycles. The second kappa shape index (κ2) is 6.71. The fraction of sp³-hybridized carbons (Fsp3) is 0.667. The van der Waals surface area contributed by atoms with Crippen molar-refractivity contribution < 1.29 is 18.9 Å². The van der Waals surface area contributed by atoms with Gasteiger partial charge >= 0.3 is 0 Å². The Kier molecular flexibility index (Phi) is 4.91. The van der Waals surface area contributed by atoms with Crippen molar-refractivity contribution in [2.24, 2.45) is 0 Å². The predicted molar refractivity (Wildman–Crippen MR) is 79.9 cm³/mol. The molecule has 21 heavy (non-hydrogen) atoms. The lowest BCUT2D eigenvalue weighted by atomic mass is 9.96. The maximum Gasteiger partial charge on any atom is 0.184 e. The van der Waals surface area contributed by atoms with Crippen LogP contribution in [0.15, 0.2) is 16.7 Å². The van der Waals surface area contributed by atoms with Crippen LogP contribution < -0.4 is 0 Å². The van der Waals surface area contributed by atoms with Crippen LogP contribution in [0, 0.1) is 0 Å². The van der Waals surface area contributed by atoms with Crippen molar-refractivity contribution in [2.45, 2.75) is 31.7 Å². The lowest BCUT2D eigenvalue weighted by Gasteiger charge is -2.28. The molecule has 2 aliphatic heterocycles. The van der Waals surface area contributed by atoms with E-state index < -0.39 is 5.60 Å². The van der Waals surface area contributed by atoms with Crippen LogP contribution in [0.4, 0.5) is 0 Å². The van der Waals surface area contributed by atoms with Crippen LogP contribution >= 0.6 is 15.9 Å². The van der Waals surface area contributed by atoms with Gasteiger partial charge in [-0.3, -0.25) is 0 Å². The molecule has 0 N–H and O–H groups in total. The standard InChI is InChI=1S/C15H20BrNO4/c1-2-4-21-15(3-5-18-10-15)12-8-11(9-13(16)17-12)14-19-6-7-20-14/h8-9,14H,2-7,10H2,1H3. The summed E-state index contributed by atoms with van der Waals surface area (Å²) < 4.78 is 23.6. The number of ether oxygens (including phenoxy) is 4. The highest BCUT2D eigenvalue weighted by Crippen LogP contribution is 2.36. The van der Waals surface area contributed by atoms with E-state index in [2.05, 4.69) is 27.8 Å². The Morgan fingerprint density at radius 1 is 1.33 bits per heavy atom. The number of rotatable bonds is 5. The van der Waals surface area contributed by atoms with Crippen molar-refractivity contribution in [1.29, 1.82) is 0 Å². The molecule has 1 aromatic rings. The number of aromatic nitrogens is 1. The first kappa shape index (κ1) is 15.4. The van der Waals surface area contributed by atoms with Crippen LogP contribution in [-0.2, 0) is 24.5 Å². The van der Waals surface area contributed by atoms with Crippen LogP contribution in [-0.4, -0.2) is 38.0 Å². The Hall–Kier alpha value is -0.530. The molecule has 6 heteroatoms. The highest BCUT2D eigenvalue weighted by molar-refractivity contribution is 9.10. The molecule has 1 aromatic heterocycles. The van der Waals surface area contributed by atoms with Crippen molar-refractivity contribution >= 4 is 15.9 Å². The summed E-state index contributed by atoms with van der Waals surface area (Å²) in [6.45, 7) is 5.29. The Labute approximate surface area is 133 Å². The van der Waals surface area contributed by atoms with E-state index >= 15 is 0 Å². The van der Waals surface area contributed by atoms with Crippen LogP contribution in [0.1, 0.15) is 37.3 Å². The monoisotopic (exact) mass is 357 g/mol. The van der Waals surface area contributed by atoms with E-state index in [4.69, 9.17) is 18.9 Å². The van der Waals surface area contributed by atoms with Crippen molar-refractivity contribution in [3.63, 3.8) is 0 Å². The molecule has 2 saturated heterocycles. The normalized spacial score (nSPS) is 26.6. The average Bonchev–Trinajstić information content (AvgIpc) is 3.17. The summed E-state index contributed by atoms with van der Waals surface area (Å²) in [4.78, 5) is 4.61. The minimum atomic E-state index is -0.451. The zero-order valence-corrected chi connectivity index (χ0v) is 13.7. The third-order valence-electron chi connectivity index (χ3n) is 3.75. The van der Waals surface area contributed by atoms with Gasteiger partial charge < -0.3 is 18.9 Å². The molecule has 2 aliphatic rings. The van der Waals surface area contributed by atoms with E-state index in [1.807, 2.05) is 12.1 Å². The zero-order chi connectivity index (χ0) is 14.7. The van der Waals surface area contributed by atoms with Gasteiger partial charge in [-0.05, 0) is 34.5 Å². The molecular formula is C15H20BrNO4. The second-order valence-corrected chi connectivity index (χ2v) is 6.14. The molecule has 5 nitrogen and oxygen atoms in total. The van der Waals surface area contributed by atoms with E-state index in [-0.39, 0.29) is 6.29 Å². The zero-order valence-electron chi connectivity index (χ0n) is 12.1. The molecule has 3 rings (SSSR count). The van der Waals surface area contributed by atoms with Crippen LogP contribution in [0.5, 0.6) is 0 Å². The van der Waals surface area contributed by atoms with Crippen LogP contribution in [0.25, 0.3) is 0 Å². The quantitative estimate of drug-likeness (QED) is 0.758. The van der Waals surface area contributed by atoms with Crippen LogP contribution in [0.3, 0.4) is 0 Å². The molecule has 0 amide bonds. The number of nitrogens with zero attached hydrogens (tertiary/aromatic N) is 1. The molecule has 1 atom stereocenters. The number of pyridine rings is 1. The molecule has 2 fully saturated rings. The van der Waals surface area contributed by atoms with Gasteiger partial charge in [0, 0.05) is 25.2 Å². The van der Waals surface area contributed by atoms with Crippen molar-refractivity contribution in [2.75, 3.05) is 33.0 Å². The molecule has 0 aromatic carbocycles. The molecule has 0 aliphatic carbocycles. The van der Waals surface area contributed by atoms with Crippen molar-refractivity contribution in [3.05, 3.63) is 28.0 Å². The Balaban J connectivity index is 1.91. The third-order valence-corrected chi connectivity index (χ3v) is 4.15.